The highest BCUT2D eigenvalue weighted by molar-refractivity contribution is 5.78. The van der Waals surface area contributed by atoms with E-state index in [0.29, 0.717) is 5.92 Å². The van der Waals surface area contributed by atoms with Crippen LogP contribution in [-0.4, -0.2) is 13.0 Å². The Bertz CT molecular complexity index is 123. The third-order valence-corrected chi connectivity index (χ3v) is 2.26. The highest BCUT2D eigenvalue weighted by atomic mass is 16.1. The fraction of sp³-hybridized carbons (Fsp3) is 0.889. The standard InChI is InChI=1S/C9H19NO/c1-5-6-7(2)8(3)9(11)10-4/h7-8H,5-6H2,1-4H3,(H,10,11). The Morgan fingerprint density at radius 3 is 2.36 bits per heavy atom. The van der Waals surface area contributed by atoms with Crippen LogP contribution in [-0.2, 0) is 4.79 Å². The van der Waals surface area contributed by atoms with Gasteiger partial charge in [0.1, 0.15) is 0 Å². The summed E-state index contributed by atoms with van der Waals surface area (Å²) in [5.74, 6) is 0.811. The Kier molecular flexibility index (Phi) is 4.92. The molecule has 0 fully saturated rings. The van der Waals surface area contributed by atoms with Crippen LogP contribution in [0.4, 0.5) is 0 Å². The number of hydrogen-bond donors (Lipinski definition) is 1. The van der Waals surface area contributed by atoms with Crippen molar-refractivity contribution in [1.29, 1.82) is 0 Å². The molecule has 2 heteroatoms. The molecule has 1 amide bonds. The van der Waals surface area contributed by atoms with Gasteiger partial charge in [0, 0.05) is 13.0 Å². The molecule has 0 aliphatic rings. The van der Waals surface area contributed by atoms with E-state index in [-0.39, 0.29) is 11.8 Å². The maximum Gasteiger partial charge on any atom is 0.222 e. The summed E-state index contributed by atoms with van der Waals surface area (Å²) in [6.45, 7) is 6.26. The summed E-state index contributed by atoms with van der Waals surface area (Å²) in [5.41, 5.74) is 0. The minimum Gasteiger partial charge on any atom is -0.359 e. The molecule has 11 heavy (non-hydrogen) atoms. The number of carbonyl (C=O) groups excluding carboxylic acids is 1. The fourth-order valence-electron chi connectivity index (χ4n) is 1.19. The average Bonchev–Trinajstić information content (AvgIpc) is 2.02. The lowest BCUT2D eigenvalue weighted by molar-refractivity contribution is -0.125. The summed E-state index contributed by atoms with van der Waals surface area (Å²) in [6, 6.07) is 0. The zero-order valence-corrected chi connectivity index (χ0v) is 7.98. The van der Waals surface area contributed by atoms with Gasteiger partial charge in [-0.15, -0.1) is 0 Å². The smallest absolute Gasteiger partial charge is 0.222 e. The van der Waals surface area contributed by atoms with Crippen LogP contribution in [0.15, 0.2) is 0 Å². The second-order valence-electron chi connectivity index (χ2n) is 3.17. The predicted molar refractivity (Wildman–Crippen MR) is 47.3 cm³/mol. The van der Waals surface area contributed by atoms with Crippen LogP contribution in [0, 0.1) is 11.8 Å². The molecule has 0 aromatic heterocycles. The van der Waals surface area contributed by atoms with Crippen LogP contribution in [0.2, 0.25) is 0 Å². The van der Waals surface area contributed by atoms with E-state index in [1.54, 1.807) is 7.05 Å². The van der Waals surface area contributed by atoms with E-state index in [4.69, 9.17) is 0 Å². The Hall–Kier alpha value is -0.530. The first-order valence-corrected chi connectivity index (χ1v) is 4.35. The molecule has 0 aromatic carbocycles. The van der Waals surface area contributed by atoms with Crippen LogP contribution >= 0.6 is 0 Å². The second kappa shape index (κ2) is 5.16. The lowest BCUT2D eigenvalue weighted by Crippen LogP contribution is -2.29. The second-order valence-corrected chi connectivity index (χ2v) is 3.17. The molecule has 1 N–H and O–H groups in total. The third-order valence-electron chi connectivity index (χ3n) is 2.26. The van der Waals surface area contributed by atoms with E-state index in [1.165, 1.54) is 0 Å². The van der Waals surface area contributed by atoms with Gasteiger partial charge in [-0.2, -0.15) is 0 Å². The molecule has 0 saturated heterocycles. The first-order valence-electron chi connectivity index (χ1n) is 4.35. The van der Waals surface area contributed by atoms with Crippen LogP contribution in [0.25, 0.3) is 0 Å². The van der Waals surface area contributed by atoms with Crippen molar-refractivity contribution in [2.75, 3.05) is 7.05 Å². The monoisotopic (exact) mass is 157 g/mol. The average molecular weight is 157 g/mol. The van der Waals surface area contributed by atoms with E-state index in [9.17, 15) is 4.79 Å². The Morgan fingerprint density at radius 1 is 1.45 bits per heavy atom. The molecule has 0 aliphatic heterocycles. The minimum atomic E-state index is 0.153. The van der Waals surface area contributed by atoms with Crippen molar-refractivity contribution in [2.24, 2.45) is 11.8 Å². The highest BCUT2D eigenvalue weighted by Crippen LogP contribution is 2.16. The van der Waals surface area contributed by atoms with Gasteiger partial charge in [-0.05, 0) is 5.92 Å². The molecule has 0 radical (unpaired) electrons. The van der Waals surface area contributed by atoms with E-state index < -0.39 is 0 Å². The molecule has 0 aliphatic carbocycles. The Balaban J connectivity index is 3.80. The van der Waals surface area contributed by atoms with Gasteiger partial charge >= 0.3 is 0 Å². The van der Waals surface area contributed by atoms with Crippen molar-refractivity contribution < 1.29 is 4.79 Å². The fourth-order valence-corrected chi connectivity index (χ4v) is 1.19. The van der Waals surface area contributed by atoms with Gasteiger partial charge in [0.15, 0.2) is 0 Å². The molecule has 0 aromatic rings. The first kappa shape index (κ1) is 10.5. The summed E-state index contributed by atoms with van der Waals surface area (Å²) in [6.07, 6.45) is 2.29. The van der Waals surface area contributed by atoms with Gasteiger partial charge in [-0.3, -0.25) is 4.79 Å². The van der Waals surface area contributed by atoms with Gasteiger partial charge in [-0.1, -0.05) is 33.6 Å². The molecule has 0 spiro atoms. The minimum absolute atomic E-state index is 0.153. The lowest BCUT2D eigenvalue weighted by atomic mass is 9.91. The van der Waals surface area contributed by atoms with Gasteiger partial charge in [-0.25, -0.2) is 0 Å². The molecule has 2 unspecified atom stereocenters. The van der Waals surface area contributed by atoms with Gasteiger partial charge in [0.05, 0.1) is 0 Å². The zero-order valence-electron chi connectivity index (χ0n) is 7.98. The number of rotatable bonds is 4. The quantitative estimate of drug-likeness (QED) is 0.662. The van der Waals surface area contributed by atoms with E-state index in [0.717, 1.165) is 12.8 Å². The summed E-state index contributed by atoms with van der Waals surface area (Å²) in [5, 5.41) is 2.67. The number of amides is 1. The third kappa shape index (κ3) is 3.40. The molecular weight excluding hydrogens is 138 g/mol. The largest absolute Gasteiger partial charge is 0.359 e. The van der Waals surface area contributed by atoms with Crippen LogP contribution in [0.1, 0.15) is 33.6 Å². The molecule has 0 bridgehead atoms. The van der Waals surface area contributed by atoms with E-state index in [1.807, 2.05) is 6.92 Å². The summed E-state index contributed by atoms with van der Waals surface area (Å²) in [4.78, 5) is 11.1. The Morgan fingerprint density at radius 2 is 2.00 bits per heavy atom. The molecule has 0 saturated carbocycles. The highest BCUT2D eigenvalue weighted by Gasteiger charge is 2.17. The number of hydrogen-bond acceptors (Lipinski definition) is 1. The number of nitrogens with one attached hydrogen (secondary N) is 1. The molecule has 2 atom stereocenters. The Labute approximate surface area is 69.4 Å². The maximum absolute atomic E-state index is 11.1. The first-order chi connectivity index (χ1) is 5.13. The predicted octanol–water partition coefficient (Wildman–Crippen LogP) is 1.80. The molecule has 0 rings (SSSR count). The lowest BCUT2D eigenvalue weighted by Gasteiger charge is -2.16. The van der Waals surface area contributed by atoms with Crippen molar-refractivity contribution in [1.82, 2.24) is 5.32 Å². The zero-order chi connectivity index (χ0) is 8.85. The molecule has 66 valence electrons. The van der Waals surface area contributed by atoms with Gasteiger partial charge in [0.2, 0.25) is 5.91 Å². The van der Waals surface area contributed by atoms with Crippen molar-refractivity contribution >= 4 is 5.91 Å². The van der Waals surface area contributed by atoms with Gasteiger partial charge in [0.25, 0.3) is 0 Å². The summed E-state index contributed by atoms with van der Waals surface area (Å²) >= 11 is 0. The van der Waals surface area contributed by atoms with Crippen LogP contribution in [0.3, 0.4) is 0 Å². The van der Waals surface area contributed by atoms with Gasteiger partial charge < -0.3 is 5.32 Å². The summed E-state index contributed by atoms with van der Waals surface area (Å²) < 4.78 is 0. The normalized spacial score (nSPS) is 15.6. The SMILES string of the molecule is CCCC(C)C(C)C(=O)NC. The molecule has 2 nitrogen and oxygen atoms in total. The topological polar surface area (TPSA) is 29.1 Å². The molecule has 0 heterocycles. The van der Waals surface area contributed by atoms with Crippen molar-refractivity contribution in [2.45, 2.75) is 33.6 Å². The van der Waals surface area contributed by atoms with E-state index in [2.05, 4.69) is 19.2 Å². The number of carbonyl (C=O) groups is 1. The molecular formula is C9H19NO. The van der Waals surface area contributed by atoms with Crippen molar-refractivity contribution in [3.63, 3.8) is 0 Å². The van der Waals surface area contributed by atoms with Crippen LogP contribution < -0.4 is 5.32 Å². The van der Waals surface area contributed by atoms with E-state index >= 15 is 0 Å². The van der Waals surface area contributed by atoms with Crippen molar-refractivity contribution in [3.8, 4) is 0 Å². The summed E-state index contributed by atoms with van der Waals surface area (Å²) in [7, 11) is 1.69. The van der Waals surface area contributed by atoms with Crippen LogP contribution in [0.5, 0.6) is 0 Å². The maximum atomic E-state index is 11.1. The van der Waals surface area contributed by atoms with Crippen molar-refractivity contribution in [3.05, 3.63) is 0 Å².